The van der Waals surface area contributed by atoms with E-state index < -0.39 is 0 Å². The van der Waals surface area contributed by atoms with E-state index in [1.165, 1.54) is 17.0 Å². The monoisotopic (exact) mass is 264 g/mol. The Kier molecular flexibility index (Phi) is 3.83. The van der Waals surface area contributed by atoms with Crippen molar-refractivity contribution in [2.75, 3.05) is 11.4 Å². The second-order valence-corrected chi connectivity index (χ2v) is 5.05. The fraction of sp³-hybridized carbons (Fsp3) is 0.429. The molecule has 1 heterocycles. The minimum absolute atomic E-state index is 0.0578. The fourth-order valence-corrected chi connectivity index (χ4v) is 2.16. The molecule has 102 valence electrons. The van der Waals surface area contributed by atoms with Crippen molar-refractivity contribution in [1.29, 1.82) is 0 Å². The van der Waals surface area contributed by atoms with Gasteiger partial charge in [-0.05, 0) is 38.1 Å². The number of anilines is 1. The molecular weight excluding hydrogens is 247 g/mol. The number of carbonyl (C=O) groups excluding carboxylic acids is 2. The van der Waals surface area contributed by atoms with E-state index in [0.29, 0.717) is 12.2 Å². The van der Waals surface area contributed by atoms with Crippen molar-refractivity contribution < 1.29 is 14.0 Å². The number of nitrogens with zero attached hydrogens (tertiary/aromatic N) is 1. The number of benzene rings is 1. The van der Waals surface area contributed by atoms with E-state index in [-0.39, 0.29) is 36.0 Å². The number of carbonyl (C=O) groups is 2. The average molecular weight is 264 g/mol. The van der Waals surface area contributed by atoms with Gasteiger partial charge in [0.15, 0.2) is 0 Å². The van der Waals surface area contributed by atoms with E-state index in [1.54, 1.807) is 12.1 Å². The lowest BCUT2D eigenvalue weighted by molar-refractivity contribution is -0.126. The van der Waals surface area contributed by atoms with Crippen LogP contribution in [0.2, 0.25) is 0 Å². The Hall–Kier alpha value is -1.91. The van der Waals surface area contributed by atoms with Gasteiger partial charge in [0.2, 0.25) is 11.8 Å². The van der Waals surface area contributed by atoms with Crippen LogP contribution in [-0.2, 0) is 9.59 Å². The van der Waals surface area contributed by atoms with Crippen molar-refractivity contribution in [2.24, 2.45) is 5.92 Å². The molecule has 0 spiro atoms. The van der Waals surface area contributed by atoms with Crippen LogP contribution in [-0.4, -0.2) is 24.4 Å². The van der Waals surface area contributed by atoms with E-state index in [2.05, 4.69) is 5.32 Å². The maximum Gasteiger partial charge on any atom is 0.227 e. The van der Waals surface area contributed by atoms with Crippen LogP contribution in [0.4, 0.5) is 10.1 Å². The number of rotatable bonds is 3. The Labute approximate surface area is 111 Å². The Morgan fingerprint density at radius 3 is 2.58 bits per heavy atom. The first-order chi connectivity index (χ1) is 8.97. The first-order valence-corrected chi connectivity index (χ1v) is 6.33. The molecule has 4 nitrogen and oxygen atoms in total. The van der Waals surface area contributed by atoms with Gasteiger partial charge in [0.1, 0.15) is 5.82 Å². The van der Waals surface area contributed by atoms with Crippen molar-refractivity contribution in [2.45, 2.75) is 26.3 Å². The third-order valence-electron chi connectivity index (χ3n) is 3.07. The average Bonchev–Trinajstić information content (AvgIpc) is 2.72. The fourth-order valence-electron chi connectivity index (χ4n) is 2.16. The van der Waals surface area contributed by atoms with Crippen LogP contribution in [0.5, 0.6) is 0 Å². The molecule has 0 saturated carbocycles. The van der Waals surface area contributed by atoms with Crippen LogP contribution in [0.3, 0.4) is 0 Å². The van der Waals surface area contributed by atoms with Gasteiger partial charge in [-0.2, -0.15) is 0 Å². The molecule has 0 aromatic heterocycles. The molecule has 2 amide bonds. The summed E-state index contributed by atoms with van der Waals surface area (Å²) in [6.07, 6.45) is 0.204. The topological polar surface area (TPSA) is 49.4 Å². The van der Waals surface area contributed by atoms with E-state index in [4.69, 9.17) is 0 Å². The van der Waals surface area contributed by atoms with Crippen LogP contribution in [0.15, 0.2) is 24.3 Å². The molecule has 1 N–H and O–H groups in total. The third-order valence-corrected chi connectivity index (χ3v) is 3.07. The van der Waals surface area contributed by atoms with Gasteiger partial charge in [-0.25, -0.2) is 4.39 Å². The van der Waals surface area contributed by atoms with Gasteiger partial charge in [-0.1, -0.05) is 0 Å². The third kappa shape index (κ3) is 3.10. The molecular formula is C14H17FN2O2. The SMILES string of the molecule is CC(C)NC(=O)C1CC(=O)N(c2ccc(F)cc2)C1. The Bertz CT molecular complexity index is 485. The first-order valence-electron chi connectivity index (χ1n) is 6.33. The van der Waals surface area contributed by atoms with Gasteiger partial charge in [-0.15, -0.1) is 0 Å². The summed E-state index contributed by atoms with van der Waals surface area (Å²) in [6.45, 7) is 4.11. The van der Waals surface area contributed by atoms with Crippen LogP contribution in [0.25, 0.3) is 0 Å². The van der Waals surface area contributed by atoms with Crippen LogP contribution in [0.1, 0.15) is 20.3 Å². The molecule has 1 saturated heterocycles. The number of amides is 2. The highest BCUT2D eigenvalue weighted by Crippen LogP contribution is 2.25. The molecule has 1 unspecified atom stereocenters. The summed E-state index contributed by atoms with van der Waals surface area (Å²) < 4.78 is 12.9. The van der Waals surface area contributed by atoms with E-state index >= 15 is 0 Å². The van der Waals surface area contributed by atoms with Gasteiger partial charge < -0.3 is 10.2 Å². The molecule has 1 aromatic rings. The summed E-state index contributed by atoms with van der Waals surface area (Å²) in [5.41, 5.74) is 0.631. The molecule has 1 aromatic carbocycles. The second-order valence-electron chi connectivity index (χ2n) is 5.05. The lowest BCUT2D eigenvalue weighted by atomic mass is 10.1. The van der Waals surface area contributed by atoms with Crippen molar-refractivity contribution in [1.82, 2.24) is 5.32 Å². The van der Waals surface area contributed by atoms with Crippen molar-refractivity contribution in [3.05, 3.63) is 30.1 Å². The van der Waals surface area contributed by atoms with E-state index in [9.17, 15) is 14.0 Å². The highest BCUT2D eigenvalue weighted by molar-refractivity contribution is 6.00. The minimum atomic E-state index is -0.343. The molecule has 19 heavy (non-hydrogen) atoms. The molecule has 2 rings (SSSR count). The van der Waals surface area contributed by atoms with Crippen LogP contribution in [0, 0.1) is 11.7 Å². The zero-order chi connectivity index (χ0) is 14.0. The van der Waals surface area contributed by atoms with Gasteiger partial charge in [0.25, 0.3) is 0 Å². The van der Waals surface area contributed by atoms with Crippen molar-refractivity contribution in [3.8, 4) is 0 Å². The van der Waals surface area contributed by atoms with Crippen LogP contribution < -0.4 is 10.2 Å². The summed E-state index contributed by atoms with van der Waals surface area (Å²) in [7, 11) is 0. The number of hydrogen-bond acceptors (Lipinski definition) is 2. The van der Waals surface area contributed by atoms with E-state index in [0.717, 1.165) is 0 Å². The number of halogens is 1. The van der Waals surface area contributed by atoms with E-state index in [1.807, 2.05) is 13.8 Å². The predicted octanol–water partition coefficient (Wildman–Crippen LogP) is 1.70. The summed E-state index contributed by atoms with van der Waals surface area (Å²) in [5.74, 6) is -0.882. The van der Waals surface area contributed by atoms with Crippen molar-refractivity contribution >= 4 is 17.5 Å². The normalized spacial score (nSPS) is 19.1. The smallest absolute Gasteiger partial charge is 0.227 e. The summed E-state index contributed by atoms with van der Waals surface area (Å²) >= 11 is 0. The lowest BCUT2D eigenvalue weighted by Crippen LogP contribution is -2.36. The quantitative estimate of drug-likeness (QED) is 0.903. The maximum absolute atomic E-state index is 12.9. The summed E-state index contributed by atoms with van der Waals surface area (Å²) in [5, 5.41) is 2.81. The molecule has 5 heteroatoms. The Balaban J connectivity index is 2.07. The predicted molar refractivity (Wildman–Crippen MR) is 70.1 cm³/mol. The first kappa shape index (κ1) is 13.5. The van der Waals surface area contributed by atoms with Gasteiger partial charge in [0, 0.05) is 24.7 Å². The standard InChI is InChI=1S/C14H17FN2O2/c1-9(2)16-14(19)10-7-13(18)17(8-10)12-5-3-11(15)4-6-12/h3-6,9-10H,7-8H2,1-2H3,(H,16,19). The highest BCUT2D eigenvalue weighted by Gasteiger charge is 2.35. The number of nitrogens with one attached hydrogen (secondary N) is 1. The molecule has 1 fully saturated rings. The summed E-state index contributed by atoms with van der Waals surface area (Å²) in [4.78, 5) is 25.3. The van der Waals surface area contributed by atoms with Gasteiger partial charge in [0.05, 0.1) is 5.92 Å². The highest BCUT2D eigenvalue weighted by atomic mass is 19.1. The lowest BCUT2D eigenvalue weighted by Gasteiger charge is -2.17. The van der Waals surface area contributed by atoms with Crippen LogP contribution >= 0.6 is 0 Å². The molecule has 0 radical (unpaired) electrons. The molecule has 0 bridgehead atoms. The largest absolute Gasteiger partial charge is 0.354 e. The van der Waals surface area contributed by atoms with Gasteiger partial charge >= 0.3 is 0 Å². The second kappa shape index (κ2) is 5.38. The molecule has 0 aliphatic carbocycles. The maximum atomic E-state index is 12.9. The Morgan fingerprint density at radius 1 is 1.37 bits per heavy atom. The summed E-state index contributed by atoms with van der Waals surface area (Å²) in [6, 6.07) is 5.78. The van der Waals surface area contributed by atoms with Crippen molar-refractivity contribution in [3.63, 3.8) is 0 Å². The Morgan fingerprint density at radius 2 is 2.00 bits per heavy atom. The molecule has 1 aliphatic heterocycles. The number of hydrogen-bond donors (Lipinski definition) is 1. The van der Waals surface area contributed by atoms with Gasteiger partial charge in [-0.3, -0.25) is 9.59 Å². The zero-order valence-corrected chi connectivity index (χ0v) is 11.0. The molecule has 1 aliphatic rings. The molecule has 1 atom stereocenters. The zero-order valence-electron chi connectivity index (χ0n) is 11.0. The minimum Gasteiger partial charge on any atom is -0.354 e.